The quantitative estimate of drug-likeness (QED) is 0.458. The maximum atomic E-state index is 13.7. The first-order valence-electron chi connectivity index (χ1n) is 14.6. The number of pyridine rings is 1. The van der Waals surface area contributed by atoms with E-state index in [0.29, 0.717) is 30.7 Å². The molecule has 14 heteroatoms. The summed E-state index contributed by atoms with van der Waals surface area (Å²) in [6.07, 6.45) is 1.13. The zero-order chi connectivity index (χ0) is 32.2. The minimum atomic E-state index is -3.15. The average molecular weight is 616 g/mol. The fourth-order valence-electron chi connectivity index (χ4n) is 5.33. The van der Waals surface area contributed by atoms with Crippen LogP contribution in [0.5, 0.6) is 5.75 Å². The number of amides is 3. The number of nitrogens with zero attached hydrogens (tertiary/aromatic N) is 6. The number of hydrogen-bond acceptors (Lipinski definition) is 9. The third-order valence-corrected chi connectivity index (χ3v) is 7.63. The first kappa shape index (κ1) is 32.7. The normalized spacial score (nSPS) is 18.6. The Kier molecular flexibility index (Phi) is 9.78. The van der Waals surface area contributed by atoms with Crippen molar-refractivity contribution in [3.05, 3.63) is 30.0 Å². The number of aromatic hydroxyl groups is 1. The van der Waals surface area contributed by atoms with Crippen molar-refractivity contribution in [2.45, 2.75) is 51.2 Å². The highest BCUT2D eigenvalue weighted by molar-refractivity contribution is 6.08. The van der Waals surface area contributed by atoms with E-state index in [1.807, 2.05) is 32.7 Å². The van der Waals surface area contributed by atoms with Gasteiger partial charge in [-0.05, 0) is 45.9 Å². The Labute approximate surface area is 255 Å². The SMILES string of the molecule is CN(CCCN1CCN(C(=O)OC(C)(C)C)CC1)c1cc(O)c2nccc(C(=O)NCC(=O)N3CC(F)(F)C[C@H]3C#N)c2c1. The summed E-state index contributed by atoms with van der Waals surface area (Å²) in [5.41, 5.74) is 0.473. The van der Waals surface area contributed by atoms with Crippen molar-refractivity contribution in [3.8, 4) is 11.8 Å². The van der Waals surface area contributed by atoms with Crippen LogP contribution in [-0.2, 0) is 9.53 Å². The molecule has 238 valence electrons. The van der Waals surface area contributed by atoms with E-state index >= 15 is 0 Å². The zero-order valence-corrected chi connectivity index (χ0v) is 25.5. The van der Waals surface area contributed by atoms with E-state index in [-0.39, 0.29) is 22.9 Å². The number of carbonyl (C=O) groups is 3. The minimum absolute atomic E-state index is 0.121. The van der Waals surface area contributed by atoms with Gasteiger partial charge in [0.25, 0.3) is 11.8 Å². The van der Waals surface area contributed by atoms with Crippen LogP contribution >= 0.6 is 0 Å². The third-order valence-electron chi connectivity index (χ3n) is 7.63. The van der Waals surface area contributed by atoms with Crippen molar-refractivity contribution in [1.82, 2.24) is 25.0 Å². The fourth-order valence-corrected chi connectivity index (χ4v) is 5.33. The van der Waals surface area contributed by atoms with Gasteiger partial charge in [-0.25, -0.2) is 13.6 Å². The summed E-state index contributed by atoms with van der Waals surface area (Å²) in [6.45, 7) is 8.23. The monoisotopic (exact) mass is 615 g/mol. The number of aromatic nitrogens is 1. The molecule has 3 heterocycles. The van der Waals surface area contributed by atoms with E-state index in [0.717, 1.165) is 31.0 Å². The van der Waals surface area contributed by atoms with Crippen LogP contribution in [0.15, 0.2) is 24.4 Å². The number of rotatable bonds is 8. The number of hydrogen-bond donors (Lipinski definition) is 2. The van der Waals surface area contributed by atoms with E-state index in [4.69, 9.17) is 10.00 Å². The van der Waals surface area contributed by atoms with Crippen LogP contribution in [0.2, 0.25) is 0 Å². The highest BCUT2D eigenvalue weighted by Crippen LogP contribution is 2.33. The van der Waals surface area contributed by atoms with Gasteiger partial charge < -0.3 is 29.9 Å². The van der Waals surface area contributed by atoms with Gasteiger partial charge in [0.2, 0.25) is 5.91 Å². The summed E-state index contributed by atoms with van der Waals surface area (Å²) in [7, 11) is 1.87. The molecule has 2 N–H and O–H groups in total. The molecule has 2 aliphatic heterocycles. The van der Waals surface area contributed by atoms with E-state index < -0.39 is 48.9 Å². The molecule has 2 aliphatic rings. The van der Waals surface area contributed by atoms with Gasteiger partial charge in [-0.2, -0.15) is 5.26 Å². The molecule has 0 spiro atoms. The topological polar surface area (TPSA) is 142 Å². The number of phenolic OH excluding ortho intramolecular Hbond substituents is 1. The van der Waals surface area contributed by atoms with Crippen molar-refractivity contribution in [1.29, 1.82) is 5.26 Å². The minimum Gasteiger partial charge on any atom is -0.506 e. The molecule has 1 aromatic carbocycles. The molecule has 0 saturated carbocycles. The number of anilines is 1. The number of phenols is 1. The predicted molar refractivity (Wildman–Crippen MR) is 159 cm³/mol. The van der Waals surface area contributed by atoms with Gasteiger partial charge >= 0.3 is 6.09 Å². The molecule has 4 rings (SSSR count). The Morgan fingerprint density at radius 3 is 2.59 bits per heavy atom. The number of halogens is 2. The summed E-state index contributed by atoms with van der Waals surface area (Å²) in [6, 6.07) is 5.20. The standard InChI is InChI=1S/C30H39F2N7O5/c1-29(2,3)44-28(43)38-12-10-37(11-13-38)9-5-8-36(4)20-14-23-22(6-7-34-26(23)24(40)15-20)27(42)35-18-25(41)39-19-30(31,32)16-21(39)17-33/h6-7,14-15,21,40H,5,8-13,16,18-19H2,1-4H3,(H,35,42)/t21-/m0/s1. The van der Waals surface area contributed by atoms with Crippen LogP contribution in [0.3, 0.4) is 0 Å². The summed E-state index contributed by atoms with van der Waals surface area (Å²) >= 11 is 0. The molecule has 0 bridgehead atoms. The molecule has 44 heavy (non-hydrogen) atoms. The average Bonchev–Trinajstić information content (AvgIpc) is 3.29. The number of fused-ring (bicyclic) bond motifs is 1. The number of alkyl halides is 2. The Morgan fingerprint density at radius 2 is 1.93 bits per heavy atom. The first-order valence-corrected chi connectivity index (χ1v) is 14.6. The Hall–Kier alpha value is -4.25. The molecule has 1 aromatic heterocycles. The predicted octanol–water partition coefficient (Wildman–Crippen LogP) is 2.81. The summed E-state index contributed by atoms with van der Waals surface area (Å²) in [5, 5.41) is 22.7. The van der Waals surface area contributed by atoms with Gasteiger partial charge in [0.15, 0.2) is 0 Å². The smallest absolute Gasteiger partial charge is 0.410 e. The van der Waals surface area contributed by atoms with Gasteiger partial charge in [0.05, 0.1) is 24.7 Å². The van der Waals surface area contributed by atoms with Gasteiger partial charge in [-0.3, -0.25) is 19.5 Å². The Balaban J connectivity index is 1.34. The second-order valence-corrected chi connectivity index (χ2v) is 12.2. The van der Waals surface area contributed by atoms with Crippen molar-refractivity contribution in [2.24, 2.45) is 0 Å². The van der Waals surface area contributed by atoms with Crippen LogP contribution in [0.25, 0.3) is 10.9 Å². The van der Waals surface area contributed by atoms with Crippen LogP contribution in [0, 0.1) is 11.3 Å². The molecule has 2 saturated heterocycles. The zero-order valence-electron chi connectivity index (χ0n) is 25.5. The van der Waals surface area contributed by atoms with Crippen LogP contribution in [0.4, 0.5) is 19.3 Å². The van der Waals surface area contributed by atoms with Crippen molar-refractivity contribution in [2.75, 3.05) is 64.3 Å². The molecular formula is C30H39F2N7O5. The molecule has 2 fully saturated rings. The summed E-state index contributed by atoms with van der Waals surface area (Å²) < 4.78 is 32.9. The second-order valence-electron chi connectivity index (χ2n) is 12.2. The van der Waals surface area contributed by atoms with E-state index in [1.54, 1.807) is 23.1 Å². The molecule has 1 atom stereocenters. The number of piperazine rings is 1. The van der Waals surface area contributed by atoms with Gasteiger partial charge in [0.1, 0.15) is 22.9 Å². The van der Waals surface area contributed by atoms with E-state index in [2.05, 4.69) is 15.2 Å². The molecule has 0 radical (unpaired) electrons. The highest BCUT2D eigenvalue weighted by Gasteiger charge is 2.47. The number of likely N-dealkylation sites (tertiary alicyclic amines) is 1. The van der Waals surface area contributed by atoms with Crippen LogP contribution in [-0.4, -0.2) is 120 Å². The number of ether oxygens (including phenoxy) is 1. The molecule has 3 amide bonds. The first-order chi connectivity index (χ1) is 20.7. The van der Waals surface area contributed by atoms with Crippen LogP contribution in [0.1, 0.15) is 44.0 Å². The molecule has 0 aliphatic carbocycles. The van der Waals surface area contributed by atoms with E-state index in [1.165, 1.54) is 12.3 Å². The largest absolute Gasteiger partial charge is 0.506 e. The van der Waals surface area contributed by atoms with Crippen molar-refractivity contribution < 1.29 is 33.0 Å². The number of benzene rings is 1. The van der Waals surface area contributed by atoms with Gasteiger partial charge in [-0.1, -0.05) is 0 Å². The van der Waals surface area contributed by atoms with Gasteiger partial charge in [0, 0.05) is 69.5 Å². The summed E-state index contributed by atoms with van der Waals surface area (Å²) in [4.78, 5) is 48.9. The van der Waals surface area contributed by atoms with Crippen molar-refractivity contribution >= 4 is 34.5 Å². The molecular weight excluding hydrogens is 576 g/mol. The van der Waals surface area contributed by atoms with Crippen molar-refractivity contribution in [3.63, 3.8) is 0 Å². The lowest BCUT2D eigenvalue weighted by Gasteiger charge is -2.35. The highest BCUT2D eigenvalue weighted by atomic mass is 19.3. The molecule has 0 unspecified atom stereocenters. The second kappa shape index (κ2) is 13.2. The molecule has 12 nitrogen and oxygen atoms in total. The van der Waals surface area contributed by atoms with Crippen LogP contribution < -0.4 is 10.2 Å². The Bertz CT molecular complexity index is 1430. The number of carbonyl (C=O) groups excluding carboxylic acids is 3. The van der Waals surface area contributed by atoms with Gasteiger partial charge in [-0.15, -0.1) is 0 Å². The Morgan fingerprint density at radius 1 is 1.23 bits per heavy atom. The molecule has 2 aromatic rings. The summed E-state index contributed by atoms with van der Waals surface area (Å²) in [5.74, 6) is -4.70. The fraction of sp³-hybridized carbons (Fsp3) is 0.567. The number of nitrogens with one attached hydrogen (secondary N) is 1. The maximum Gasteiger partial charge on any atom is 0.410 e. The lowest BCUT2D eigenvalue weighted by Crippen LogP contribution is -2.50. The maximum absolute atomic E-state index is 13.7. The third kappa shape index (κ3) is 8.02. The number of nitriles is 1. The lowest BCUT2D eigenvalue weighted by molar-refractivity contribution is -0.131. The van der Waals surface area contributed by atoms with E-state index in [9.17, 15) is 28.3 Å². The lowest BCUT2D eigenvalue weighted by atomic mass is 10.1.